The minimum atomic E-state index is -0.894. The number of benzene rings is 2. The molecule has 0 amide bonds. The van der Waals surface area contributed by atoms with Gasteiger partial charge in [-0.05, 0) is 99.1 Å². The summed E-state index contributed by atoms with van der Waals surface area (Å²) in [6.07, 6.45) is 21.4. The Morgan fingerprint density at radius 3 is 2.35 bits per heavy atom. The van der Waals surface area contributed by atoms with Crippen molar-refractivity contribution in [1.29, 1.82) is 0 Å². The fourth-order valence-corrected chi connectivity index (χ4v) is 8.37. The first-order valence-electron chi connectivity index (χ1n) is 19.1. The molecule has 1 aliphatic carbocycles. The van der Waals surface area contributed by atoms with E-state index in [0.29, 0.717) is 11.3 Å². The molecule has 2 aliphatic heterocycles. The smallest absolute Gasteiger partial charge is 0.335 e. The molecule has 0 fully saturated rings. The maximum absolute atomic E-state index is 11.9. The van der Waals surface area contributed by atoms with Crippen LogP contribution in [0.15, 0.2) is 82.6 Å². The van der Waals surface area contributed by atoms with Gasteiger partial charge in [0.05, 0.1) is 18.1 Å². The fourth-order valence-electron chi connectivity index (χ4n) is 8.05. The zero-order valence-corrected chi connectivity index (χ0v) is 32.7. The van der Waals surface area contributed by atoms with Crippen molar-refractivity contribution in [2.45, 2.75) is 123 Å². The third kappa shape index (κ3) is 8.23. The average Bonchev–Trinajstić information content (AvgIpc) is 3.45. The molecule has 2 aromatic carbocycles. The van der Waals surface area contributed by atoms with Crippen molar-refractivity contribution in [2.24, 2.45) is 0 Å². The van der Waals surface area contributed by atoms with E-state index < -0.39 is 5.97 Å². The van der Waals surface area contributed by atoms with Gasteiger partial charge in [-0.3, -0.25) is 0 Å². The van der Waals surface area contributed by atoms with Gasteiger partial charge in [0.25, 0.3) is 0 Å². The van der Waals surface area contributed by atoms with Gasteiger partial charge >= 0.3 is 5.97 Å². The largest absolute Gasteiger partial charge is 0.478 e. The van der Waals surface area contributed by atoms with Gasteiger partial charge in [0.2, 0.25) is 5.69 Å². The van der Waals surface area contributed by atoms with Crippen LogP contribution in [0.3, 0.4) is 0 Å². The van der Waals surface area contributed by atoms with Crippen LogP contribution in [0.4, 0.5) is 11.4 Å². The van der Waals surface area contributed by atoms with Crippen LogP contribution in [0.1, 0.15) is 134 Å². The summed E-state index contributed by atoms with van der Waals surface area (Å²) in [5, 5.41) is 10.6. The van der Waals surface area contributed by atoms with E-state index in [1.807, 2.05) is 18.2 Å². The van der Waals surface area contributed by atoms with Crippen molar-refractivity contribution in [3.05, 3.63) is 99.3 Å². The number of anilines is 1. The Morgan fingerprint density at radius 1 is 0.902 bits per heavy atom. The number of carbonyl (C=O) groups is 1. The van der Waals surface area contributed by atoms with Crippen molar-refractivity contribution < 1.29 is 24.3 Å². The van der Waals surface area contributed by atoms with Crippen LogP contribution >= 0.6 is 11.6 Å². The SMILES string of the molecule is CCCCCCN1C(=C/C=C2\CCCC(C=CC3=[N+](CCCCCC)c4ccc(OOC)cc4C3(C)C)=C2Cl)C(C)(C)c2cc(C(=O)O)ccc21. The number of carboxylic acid groups (broad SMARTS) is 1. The minimum Gasteiger partial charge on any atom is -0.478 e. The van der Waals surface area contributed by atoms with E-state index in [-0.39, 0.29) is 10.8 Å². The molecule has 0 aromatic heterocycles. The molecule has 0 atom stereocenters. The number of rotatable bonds is 16. The predicted octanol–water partition coefficient (Wildman–Crippen LogP) is 11.7. The third-order valence-electron chi connectivity index (χ3n) is 11.0. The topological polar surface area (TPSA) is 62.0 Å². The first-order chi connectivity index (χ1) is 24.4. The summed E-state index contributed by atoms with van der Waals surface area (Å²) in [6, 6.07) is 11.8. The van der Waals surface area contributed by atoms with Gasteiger partial charge in [0.15, 0.2) is 11.5 Å². The number of nitrogens with zero attached hydrogens (tertiary/aromatic N) is 2. The van der Waals surface area contributed by atoms with Crippen LogP contribution in [-0.2, 0) is 15.7 Å². The Balaban J connectivity index is 1.48. The molecular weight excluding hydrogens is 656 g/mol. The lowest BCUT2D eigenvalue weighted by Gasteiger charge is -2.27. The summed E-state index contributed by atoms with van der Waals surface area (Å²) in [5.41, 5.74) is 9.17. The van der Waals surface area contributed by atoms with E-state index >= 15 is 0 Å². The Kier molecular flexibility index (Phi) is 12.7. The van der Waals surface area contributed by atoms with Gasteiger partial charge in [0.1, 0.15) is 6.54 Å². The van der Waals surface area contributed by atoms with E-state index in [1.54, 1.807) is 6.07 Å². The second kappa shape index (κ2) is 16.8. The van der Waals surface area contributed by atoms with Gasteiger partial charge in [-0.2, -0.15) is 9.46 Å². The fraction of sp³-hybridized carbons (Fsp3) is 0.500. The van der Waals surface area contributed by atoms with Crippen molar-refractivity contribution in [3.63, 3.8) is 0 Å². The molecule has 0 radical (unpaired) electrons. The number of hydrogen-bond donors (Lipinski definition) is 1. The maximum Gasteiger partial charge on any atom is 0.335 e. The molecule has 0 saturated heterocycles. The molecule has 1 N–H and O–H groups in total. The van der Waals surface area contributed by atoms with E-state index in [4.69, 9.17) is 21.4 Å². The number of unbranched alkanes of at least 4 members (excludes halogenated alkanes) is 6. The normalized spacial score (nSPS) is 19.5. The number of fused-ring (bicyclic) bond motifs is 2. The van der Waals surface area contributed by atoms with Crippen LogP contribution in [0.25, 0.3) is 0 Å². The molecule has 274 valence electrons. The zero-order valence-electron chi connectivity index (χ0n) is 31.9. The number of carboxylic acids is 1. The van der Waals surface area contributed by atoms with Crippen molar-refractivity contribution in [3.8, 4) is 5.75 Å². The van der Waals surface area contributed by atoms with E-state index in [2.05, 4.69) is 87.5 Å². The van der Waals surface area contributed by atoms with Gasteiger partial charge < -0.3 is 14.9 Å². The zero-order chi connectivity index (χ0) is 36.8. The van der Waals surface area contributed by atoms with Gasteiger partial charge in [0, 0.05) is 52.5 Å². The van der Waals surface area contributed by atoms with Gasteiger partial charge in [-0.1, -0.05) is 83.6 Å². The first-order valence-corrected chi connectivity index (χ1v) is 19.5. The summed E-state index contributed by atoms with van der Waals surface area (Å²) in [5.74, 6) is -0.187. The van der Waals surface area contributed by atoms with Gasteiger partial charge in [-0.15, -0.1) is 0 Å². The van der Waals surface area contributed by atoms with Crippen LogP contribution in [0.5, 0.6) is 5.75 Å². The summed E-state index contributed by atoms with van der Waals surface area (Å²) in [6.45, 7) is 15.3. The Labute approximate surface area is 311 Å². The first kappa shape index (κ1) is 38.6. The summed E-state index contributed by atoms with van der Waals surface area (Å²) in [4.78, 5) is 24.7. The summed E-state index contributed by atoms with van der Waals surface area (Å²) >= 11 is 7.26. The van der Waals surface area contributed by atoms with Crippen molar-refractivity contribution in [1.82, 2.24) is 0 Å². The molecule has 5 rings (SSSR count). The Bertz CT molecular complexity index is 1760. The van der Waals surface area contributed by atoms with Crippen molar-refractivity contribution >= 4 is 34.7 Å². The van der Waals surface area contributed by atoms with Crippen LogP contribution in [-0.4, -0.2) is 41.6 Å². The van der Waals surface area contributed by atoms with E-state index in [0.717, 1.165) is 72.6 Å². The summed E-state index contributed by atoms with van der Waals surface area (Å²) in [7, 11) is 1.54. The molecule has 0 spiro atoms. The molecule has 0 bridgehead atoms. The lowest BCUT2D eigenvalue weighted by atomic mass is 9.81. The second-order valence-electron chi connectivity index (χ2n) is 15.3. The minimum absolute atomic E-state index is 0.224. The monoisotopic (exact) mass is 713 g/mol. The highest BCUT2D eigenvalue weighted by Gasteiger charge is 2.45. The predicted molar refractivity (Wildman–Crippen MR) is 211 cm³/mol. The Morgan fingerprint density at radius 2 is 1.65 bits per heavy atom. The standard InChI is InChI=1S/C44H57ClN2O4/c1-8-10-12-14-27-46-37-23-19-33(42(48)49)29-35(37)43(3,4)39(46)25-20-31-17-16-18-32(41(31)45)21-26-40-44(5,6)36-30-34(51-50-7)22-24-38(36)47(40)28-15-13-11-9-2/h19-26,29-30H,8-18,27-28H2,1-7H3/p+1. The molecule has 6 nitrogen and oxygen atoms in total. The third-order valence-corrected chi connectivity index (χ3v) is 11.5. The van der Waals surface area contributed by atoms with Crippen LogP contribution in [0.2, 0.25) is 0 Å². The van der Waals surface area contributed by atoms with Crippen LogP contribution < -0.4 is 9.79 Å². The number of halogens is 1. The lowest BCUT2D eigenvalue weighted by molar-refractivity contribution is -0.438. The highest BCUT2D eigenvalue weighted by molar-refractivity contribution is 6.32. The number of hydrogen-bond acceptors (Lipinski definition) is 4. The summed E-state index contributed by atoms with van der Waals surface area (Å²) < 4.78 is 2.49. The van der Waals surface area contributed by atoms with Crippen molar-refractivity contribution in [2.75, 3.05) is 25.1 Å². The molecule has 51 heavy (non-hydrogen) atoms. The highest BCUT2D eigenvalue weighted by Crippen LogP contribution is 2.49. The number of allylic oxidation sites excluding steroid dienone is 8. The van der Waals surface area contributed by atoms with Crippen LogP contribution in [0, 0.1) is 0 Å². The van der Waals surface area contributed by atoms with Gasteiger partial charge in [-0.25, -0.2) is 4.79 Å². The maximum atomic E-state index is 11.9. The molecule has 3 aliphatic rings. The number of aromatic carboxylic acids is 1. The second-order valence-corrected chi connectivity index (χ2v) is 15.7. The average molecular weight is 714 g/mol. The molecule has 0 unspecified atom stereocenters. The quantitative estimate of drug-likeness (QED) is 0.0812. The molecule has 0 saturated carbocycles. The molecular formula is C44H58ClN2O4+. The highest BCUT2D eigenvalue weighted by atomic mass is 35.5. The van der Waals surface area contributed by atoms with E-state index in [9.17, 15) is 9.90 Å². The molecule has 7 heteroatoms. The Hall–Kier alpha value is -3.61. The lowest BCUT2D eigenvalue weighted by Crippen LogP contribution is -2.28. The van der Waals surface area contributed by atoms with E-state index in [1.165, 1.54) is 68.3 Å². The molecule has 2 heterocycles. The molecule has 2 aromatic rings.